The number of ether oxygens (including phenoxy) is 1. The fourth-order valence-electron chi connectivity index (χ4n) is 2.03. The molecule has 1 heterocycles. The van der Waals surface area contributed by atoms with E-state index >= 15 is 0 Å². The monoisotopic (exact) mass is 232 g/mol. The normalized spacial score (nSPS) is 21.1. The summed E-state index contributed by atoms with van der Waals surface area (Å²) in [6.45, 7) is 3.13. The highest BCUT2D eigenvalue weighted by Gasteiger charge is 2.19. The van der Waals surface area contributed by atoms with E-state index in [1.165, 1.54) is 0 Å². The molecule has 0 amide bonds. The maximum absolute atomic E-state index is 9.06. The van der Waals surface area contributed by atoms with Gasteiger partial charge in [0.2, 0.25) is 0 Å². The first-order valence-electron chi connectivity index (χ1n) is 5.75. The standard InChI is InChI=1S/C13H16N2O2/c14-7-11-2-1-3-12(6-11)8-15-4-5-17-13(9-15)10-16/h1-3,6,13,16H,4-5,8-10H2. The Bertz CT molecular complexity index is 414. The van der Waals surface area contributed by atoms with Crippen molar-refractivity contribution in [2.24, 2.45) is 0 Å². The van der Waals surface area contributed by atoms with E-state index in [0.717, 1.165) is 25.2 Å². The van der Waals surface area contributed by atoms with Crippen LogP contribution in [0.4, 0.5) is 0 Å². The van der Waals surface area contributed by atoms with Gasteiger partial charge < -0.3 is 9.84 Å². The zero-order valence-electron chi connectivity index (χ0n) is 9.67. The number of benzene rings is 1. The summed E-state index contributed by atoms with van der Waals surface area (Å²) >= 11 is 0. The maximum Gasteiger partial charge on any atom is 0.0991 e. The average Bonchev–Trinajstić information content (AvgIpc) is 2.39. The quantitative estimate of drug-likeness (QED) is 0.835. The molecule has 0 aliphatic carbocycles. The summed E-state index contributed by atoms with van der Waals surface area (Å²) < 4.78 is 5.40. The van der Waals surface area contributed by atoms with Crippen molar-refractivity contribution in [3.63, 3.8) is 0 Å². The van der Waals surface area contributed by atoms with Crippen LogP contribution in [0, 0.1) is 11.3 Å². The van der Waals surface area contributed by atoms with Crippen molar-refractivity contribution in [2.75, 3.05) is 26.3 Å². The Morgan fingerprint density at radius 1 is 1.53 bits per heavy atom. The van der Waals surface area contributed by atoms with E-state index in [4.69, 9.17) is 15.1 Å². The molecule has 1 N–H and O–H groups in total. The molecular weight excluding hydrogens is 216 g/mol. The summed E-state index contributed by atoms with van der Waals surface area (Å²) in [7, 11) is 0. The van der Waals surface area contributed by atoms with Crippen LogP contribution in [0.2, 0.25) is 0 Å². The summed E-state index contributed by atoms with van der Waals surface area (Å²) in [6.07, 6.45) is -0.0806. The molecule has 1 unspecified atom stereocenters. The van der Waals surface area contributed by atoms with Gasteiger partial charge in [-0.2, -0.15) is 5.26 Å². The van der Waals surface area contributed by atoms with Crippen LogP contribution >= 0.6 is 0 Å². The lowest BCUT2D eigenvalue weighted by molar-refractivity contribution is -0.0551. The molecule has 1 aromatic carbocycles. The molecule has 1 fully saturated rings. The van der Waals surface area contributed by atoms with Crippen LogP contribution < -0.4 is 0 Å². The van der Waals surface area contributed by atoms with E-state index in [9.17, 15) is 0 Å². The topological polar surface area (TPSA) is 56.5 Å². The van der Waals surface area contributed by atoms with Gasteiger partial charge in [0.1, 0.15) is 0 Å². The predicted molar refractivity (Wildman–Crippen MR) is 63.3 cm³/mol. The third kappa shape index (κ3) is 3.27. The zero-order valence-corrected chi connectivity index (χ0v) is 9.67. The number of aliphatic hydroxyl groups is 1. The molecule has 0 saturated carbocycles. The second-order valence-corrected chi connectivity index (χ2v) is 4.22. The molecule has 1 atom stereocenters. The second-order valence-electron chi connectivity index (χ2n) is 4.22. The SMILES string of the molecule is N#Cc1cccc(CN2CCOC(CO)C2)c1. The van der Waals surface area contributed by atoms with Crippen LogP contribution in [0.25, 0.3) is 0 Å². The summed E-state index contributed by atoms with van der Waals surface area (Å²) in [5, 5.41) is 17.9. The van der Waals surface area contributed by atoms with Crippen molar-refractivity contribution >= 4 is 0 Å². The van der Waals surface area contributed by atoms with Crippen LogP contribution in [-0.4, -0.2) is 42.4 Å². The Morgan fingerprint density at radius 3 is 3.18 bits per heavy atom. The van der Waals surface area contributed by atoms with Crippen LogP contribution in [0.1, 0.15) is 11.1 Å². The number of nitrogens with zero attached hydrogens (tertiary/aromatic N) is 2. The van der Waals surface area contributed by atoms with Gasteiger partial charge in [-0.05, 0) is 17.7 Å². The summed E-state index contributed by atoms with van der Waals surface area (Å²) in [6, 6.07) is 9.77. The summed E-state index contributed by atoms with van der Waals surface area (Å²) in [5.41, 5.74) is 1.82. The largest absolute Gasteiger partial charge is 0.394 e. The molecule has 17 heavy (non-hydrogen) atoms. The van der Waals surface area contributed by atoms with Gasteiger partial charge in [-0.3, -0.25) is 4.90 Å². The number of hydrogen-bond donors (Lipinski definition) is 1. The first kappa shape index (κ1) is 12.1. The molecule has 1 aromatic rings. The average molecular weight is 232 g/mol. The van der Waals surface area contributed by atoms with Crippen molar-refractivity contribution in [2.45, 2.75) is 12.6 Å². The number of rotatable bonds is 3. The highest BCUT2D eigenvalue weighted by molar-refractivity contribution is 5.32. The number of nitriles is 1. The van der Waals surface area contributed by atoms with E-state index in [0.29, 0.717) is 12.2 Å². The van der Waals surface area contributed by atoms with Gasteiger partial charge in [0.05, 0.1) is 31.0 Å². The number of morpholine rings is 1. The molecule has 0 bridgehead atoms. The van der Waals surface area contributed by atoms with E-state index < -0.39 is 0 Å². The lowest BCUT2D eigenvalue weighted by atomic mass is 10.1. The Kier molecular flexibility index (Phi) is 4.10. The van der Waals surface area contributed by atoms with Gasteiger partial charge in [0.25, 0.3) is 0 Å². The van der Waals surface area contributed by atoms with Crippen molar-refractivity contribution in [1.82, 2.24) is 4.90 Å². The van der Waals surface area contributed by atoms with Crippen LogP contribution in [0.3, 0.4) is 0 Å². The molecule has 1 aliphatic heterocycles. The number of aliphatic hydroxyl groups excluding tert-OH is 1. The Labute approximate surface area is 101 Å². The second kappa shape index (κ2) is 5.78. The van der Waals surface area contributed by atoms with E-state index in [1.807, 2.05) is 18.2 Å². The molecule has 0 radical (unpaired) electrons. The zero-order chi connectivity index (χ0) is 12.1. The minimum atomic E-state index is -0.0806. The molecule has 1 saturated heterocycles. The van der Waals surface area contributed by atoms with Crippen LogP contribution in [0.5, 0.6) is 0 Å². The van der Waals surface area contributed by atoms with Crippen molar-refractivity contribution in [3.8, 4) is 6.07 Å². The third-order valence-electron chi connectivity index (χ3n) is 2.89. The highest BCUT2D eigenvalue weighted by atomic mass is 16.5. The fourth-order valence-corrected chi connectivity index (χ4v) is 2.03. The molecule has 2 rings (SSSR count). The van der Waals surface area contributed by atoms with E-state index in [1.54, 1.807) is 6.07 Å². The lowest BCUT2D eigenvalue weighted by Crippen LogP contribution is -2.43. The van der Waals surface area contributed by atoms with Gasteiger partial charge in [-0.25, -0.2) is 0 Å². The molecule has 0 spiro atoms. The first-order chi connectivity index (χ1) is 8.31. The summed E-state index contributed by atoms with van der Waals surface area (Å²) in [4.78, 5) is 2.24. The van der Waals surface area contributed by atoms with E-state index in [2.05, 4.69) is 11.0 Å². The smallest absolute Gasteiger partial charge is 0.0991 e. The first-order valence-corrected chi connectivity index (χ1v) is 5.75. The minimum Gasteiger partial charge on any atom is -0.394 e. The van der Waals surface area contributed by atoms with Crippen LogP contribution in [-0.2, 0) is 11.3 Å². The molecule has 90 valence electrons. The maximum atomic E-state index is 9.06. The van der Waals surface area contributed by atoms with Crippen molar-refractivity contribution < 1.29 is 9.84 Å². The lowest BCUT2D eigenvalue weighted by Gasteiger charge is -2.31. The summed E-state index contributed by atoms with van der Waals surface area (Å²) in [5.74, 6) is 0. The minimum absolute atomic E-state index is 0.0642. The molecular formula is C13H16N2O2. The van der Waals surface area contributed by atoms with Crippen molar-refractivity contribution in [1.29, 1.82) is 5.26 Å². The molecule has 0 aromatic heterocycles. The van der Waals surface area contributed by atoms with Gasteiger partial charge in [-0.1, -0.05) is 12.1 Å². The van der Waals surface area contributed by atoms with Gasteiger partial charge in [0, 0.05) is 19.6 Å². The molecule has 1 aliphatic rings. The van der Waals surface area contributed by atoms with E-state index in [-0.39, 0.29) is 12.7 Å². The fraction of sp³-hybridized carbons (Fsp3) is 0.462. The van der Waals surface area contributed by atoms with Crippen molar-refractivity contribution in [3.05, 3.63) is 35.4 Å². The van der Waals surface area contributed by atoms with Gasteiger partial charge in [0.15, 0.2) is 0 Å². The predicted octanol–water partition coefficient (Wildman–Crippen LogP) is 0.751. The van der Waals surface area contributed by atoms with Gasteiger partial charge >= 0.3 is 0 Å². The Balaban J connectivity index is 1.98. The highest BCUT2D eigenvalue weighted by Crippen LogP contribution is 2.11. The molecule has 4 heteroatoms. The number of hydrogen-bond acceptors (Lipinski definition) is 4. The Hall–Kier alpha value is -1.41. The van der Waals surface area contributed by atoms with Crippen LogP contribution in [0.15, 0.2) is 24.3 Å². The van der Waals surface area contributed by atoms with Gasteiger partial charge in [-0.15, -0.1) is 0 Å². The molecule has 4 nitrogen and oxygen atoms in total. The Morgan fingerprint density at radius 2 is 2.41 bits per heavy atom. The third-order valence-corrected chi connectivity index (χ3v) is 2.89.